The van der Waals surface area contributed by atoms with Crippen LogP contribution in [0.2, 0.25) is 0 Å². The molecule has 0 amide bonds. The third kappa shape index (κ3) is 7.03. The molecule has 9 aromatic rings. The van der Waals surface area contributed by atoms with Crippen molar-refractivity contribution in [2.45, 2.75) is 83.5 Å². The lowest BCUT2D eigenvalue weighted by molar-refractivity contribution is 0.661. The Morgan fingerprint density at radius 1 is 0.507 bits per heavy atom. The molecule has 0 saturated carbocycles. The number of aryl methyl sites for hydroxylation is 2. The lowest BCUT2D eigenvalue weighted by Crippen LogP contribution is -2.36. The minimum Gasteiger partial charge on any atom is -0.310 e. The summed E-state index contributed by atoms with van der Waals surface area (Å²) < 4.78 is 2.37. The summed E-state index contributed by atoms with van der Waals surface area (Å²) in [5.41, 5.74) is 19.0. The molecular formula is C63H54N4. The molecule has 67 heavy (non-hydrogen) atoms. The Hall–Kier alpha value is -7.66. The van der Waals surface area contributed by atoms with Gasteiger partial charge >= 0.3 is 0 Å². The number of benzene rings is 8. The molecule has 1 aliphatic heterocycles. The Morgan fingerprint density at radius 3 is 1.90 bits per heavy atom. The molecule has 1 aliphatic carbocycles. The first-order valence-corrected chi connectivity index (χ1v) is 24.4. The summed E-state index contributed by atoms with van der Waals surface area (Å²) in [6.45, 7) is 12.8. The van der Waals surface area contributed by atoms with Crippen LogP contribution < -0.4 is 4.90 Å². The smallest absolute Gasteiger partial charge is 0.187 e. The maximum Gasteiger partial charge on any atom is 0.187 e. The van der Waals surface area contributed by atoms with Crippen molar-refractivity contribution in [1.29, 1.82) is 5.26 Å². The maximum absolute atomic E-state index is 10.5. The van der Waals surface area contributed by atoms with E-state index in [2.05, 4.69) is 192 Å². The molecule has 11 rings (SSSR count). The molecule has 0 fully saturated rings. The highest BCUT2D eigenvalue weighted by Crippen LogP contribution is 2.64. The van der Waals surface area contributed by atoms with Crippen LogP contribution in [0.3, 0.4) is 0 Å². The molecular weight excluding hydrogens is 813 g/mol. The van der Waals surface area contributed by atoms with Gasteiger partial charge in [-0.1, -0.05) is 149 Å². The number of anilines is 3. The first kappa shape index (κ1) is 42.0. The zero-order chi connectivity index (χ0) is 45.5. The van der Waals surface area contributed by atoms with Crippen molar-refractivity contribution in [3.8, 4) is 34.0 Å². The maximum atomic E-state index is 10.5. The molecule has 326 valence electrons. The lowest BCUT2D eigenvalue weighted by atomic mass is 9.64. The first-order chi connectivity index (χ1) is 33.0. The monoisotopic (exact) mass is 866 g/mol. The van der Waals surface area contributed by atoms with Crippen molar-refractivity contribution in [2.75, 3.05) is 4.90 Å². The molecule has 4 heteroatoms. The first-order valence-electron chi connectivity index (χ1n) is 24.4. The van der Waals surface area contributed by atoms with Gasteiger partial charge in [0.2, 0.25) is 0 Å². The molecule has 2 aliphatic rings. The van der Waals surface area contributed by atoms with Gasteiger partial charge in [-0.3, -0.25) is 0 Å². The summed E-state index contributed by atoms with van der Waals surface area (Å²) in [7, 11) is 0. The van der Waals surface area contributed by atoms with Gasteiger partial charge in [0.25, 0.3) is 0 Å². The van der Waals surface area contributed by atoms with Gasteiger partial charge in [-0.05, 0) is 154 Å². The summed E-state index contributed by atoms with van der Waals surface area (Å²) in [6.07, 6.45) is 11.9. The second-order valence-electron chi connectivity index (χ2n) is 18.6. The van der Waals surface area contributed by atoms with E-state index in [-0.39, 0.29) is 0 Å². The summed E-state index contributed by atoms with van der Waals surface area (Å²) in [5.74, 6) is 0. The molecule has 4 nitrogen and oxygen atoms in total. The summed E-state index contributed by atoms with van der Waals surface area (Å²) in [4.78, 5) is 6.54. The summed E-state index contributed by atoms with van der Waals surface area (Å²) >= 11 is 0. The van der Waals surface area contributed by atoms with Crippen molar-refractivity contribution in [1.82, 2.24) is 4.57 Å². The number of para-hydroxylation sites is 3. The molecule has 1 atom stereocenters. The van der Waals surface area contributed by atoms with E-state index in [9.17, 15) is 5.26 Å². The van der Waals surface area contributed by atoms with Crippen LogP contribution in [0.4, 0.5) is 22.7 Å². The SMILES string of the molecule is [C-]#[N+]c1ccc2c(c1)C1(c3cc(C#N)ccc3-2)c2ccccc2N(c2cc(CCCCCC)cc(CCCCCC)c2)c2ccc(-c3ccc4c(c3)c3ccccc3n4-c3ccccc3)cc21. The predicted molar refractivity (Wildman–Crippen MR) is 278 cm³/mol. The molecule has 2 heterocycles. The van der Waals surface area contributed by atoms with Crippen molar-refractivity contribution >= 4 is 44.6 Å². The standard InChI is InChI=1S/C63H54N4/c1-4-6-8-11-19-43-35-44(20-12-9-7-5-2)37-50(36-43)67-61-26-18-16-24-55(61)63(56-38-45(42-64)27-31-51(56)52-32-30-48(65-3)41-57(52)63)58-40-47(29-34-62(58)67)46-28-33-60-54(39-46)53-23-15-17-25-59(53)66(60)49-21-13-10-14-22-49/h10,13-18,21-41H,4-9,11-12,19-20H2,1-2H3. The molecule has 1 spiro atoms. The fourth-order valence-corrected chi connectivity index (χ4v) is 11.5. The summed E-state index contributed by atoms with van der Waals surface area (Å²) in [5, 5.41) is 12.9. The predicted octanol–water partition coefficient (Wildman–Crippen LogP) is 17.3. The van der Waals surface area contributed by atoms with Gasteiger partial charge in [0.15, 0.2) is 5.69 Å². The molecule has 1 unspecified atom stereocenters. The second kappa shape index (κ2) is 17.6. The number of hydrogen-bond donors (Lipinski definition) is 0. The number of rotatable bonds is 13. The zero-order valence-electron chi connectivity index (χ0n) is 38.5. The van der Waals surface area contributed by atoms with Crippen LogP contribution in [0, 0.1) is 17.9 Å². The molecule has 0 radical (unpaired) electrons. The quantitative estimate of drug-likeness (QED) is 0.0855. The zero-order valence-corrected chi connectivity index (χ0v) is 38.5. The minimum atomic E-state index is -0.815. The van der Waals surface area contributed by atoms with Gasteiger partial charge in [0.05, 0.1) is 46.0 Å². The number of unbranched alkanes of at least 4 members (excludes halogenated alkanes) is 6. The van der Waals surface area contributed by atoms with E-state index < -0.39 is 5.41 Å². The largest absolute Gasteiger partial charge is 0.310 e. The van der Waals surface area contributed by atoms with Gasteiger partial charge in [0.1, 0.15) is 0 Å². The fourth-order valence-electron chi connectivity index (χ4n) is 11.5. The Morgan fingerprint density at radius 2 is 1.15 bits per heavy atom. The topological polar surface area (TPSA) is 36.3 Å². The Kier molecular flexibility index (Phi) is 11.0. The average molecular weight is 867 g/mol. The van der Waals surface area contributed by atoms with Gasteiger partial charge < -0.3 is 9.47 Å². The Bertz CT molecular complexity index is 3340. The van der Waals surface area contributed by atoms with E-state index in [0.29, 0.717) is 11.3 Å². The highest BCUT2D eigenvalue weighted by molar-refractivity contribution is 6.10. The number of nitrogens with zero attached hydrogens (tertiary/aromatic N) is 4. The number of hydrogen-bond acceptors (Lipinski definition) is 2. The van der Waals surface area contributed by atoms with Crippen molar-refractivity contribution in [2.24, 2.45) is 0 Å². The fraction of sp³-hybridized carbons (Fsp3) is 0.206. The molecule has 8 aromatic carbocycles. The van der Waals surface area contributed by atoms with Gasteiger partial charge in [-0.15, -0.1) is 0 Å². The van der Waals surface area contributed by atoms with Gasteiger partial charge in [0, 0.05) is 22.1 Å². The Labute approximate surface area is 395 Å². The lowest BCUT2D eigenvalue weighted by Gasteiger charge is -2.45. The number of aromatic nitrogens is 1. The van der Waals surface area contributed by atoms with E-state index in [4.69, 9.17) is 6.57 Å². The molecule has 0 saturated heterocycles. The molecule has 0 bridgehead atoms. The van der Waals surface area contributed by atoms with Crippen molar-refractivity contribution < 1.29 is 0 Å². The number of nitriles is 1. The van der Waals surface area contributed by atoms with Crippen LogP contribution >= 0.6 is 0 Å². The van der Waals surface area contributed by atoms with Crippen molar-refractivity contribution in [3.63, 3.8) is 0 Å². The van der Waals surface area contributed by atoms with Gasteiger partial charge in [-0.25, -0.2) is 4.85 Å². The normalized spacial score (nSPS) is 14.4. The van der Waals surface area contributed by atoms with Crippen LogP contribution in [0.1, 0.15) is 104 Å². The van der Waals surface area contributed by atoms with E-state index in [1.165, 1.54) is 90.0 Å². The Balaban J connectivity index is 1.18. The van der Waals surface area contributed by atoms with Crippen LogP contribution in [0.15, 0.2) is 170 Å². The van der Waals surface area contributed by atoms with E-state index in [0.717, 1.165) is 74.4 Å². The van der Waals surface area contributed by atoms with Crippen molar-refractivity contribution in [3.05, 3.63) is 220 Å². The minimum absolute atomic E-state index is 0.604. The highest BCUT2D eigenvalue weighted by Gasteiger charge is 2.52. The van der Waals surface area contributed by atoms with Crippen LogP contribution in [-0.2, 0) is 18.3 Å². The molecule has 0 N–H and O–H groups in total. The van der Waals surface area contributed by atoms with E-state index >= 15 is 0 Å². The molecule has 1 aromatic heterocycles. The third-order valence-electron chi connectivity index (χ3n) is 14.5. The number of fused-ring (bicyclic) bond motifs is 12. The van der Waals surface area contributed by atoms with E-state index in [1.54, 1.807) is 0 Å². The van der Waals surface area contributed by atoms with Crippen LogP contribution in [-0.4, -0.2) is 4.57 Å². The van der Waals surface area contributed by atoms with Gasteiger partial charge in [-0.2, -0.15) is 5.26 Å². The average Bonchev–Trinajstić information content (AvgIpc) is 3.86. The highest BCUT2D eigenvalue weighted by atomic mass is 15.2. The van der Waals surface area contributed by atoms with Crippen LogP contribution in [0.5, 0.6) is 0 Å². The van der Waals surface area contributed by atoms with E-state index in [1.807, 2.05) is 12.1 Å². The second-order valence-corrected chi connectivity index (χ2v) is 18.6. The van der Waals surface area contributed by atoms with Crippen LogP contribution in [0.25, 0.3) is 54.6 Å². The summed E-state index contributed by atoms with van der Waals surface area (Å²) in [6, 6.07) is 64.5. The third-order valence-corrected chi connectivity index (χ3v) is 14.5.